The van der Waals surface area contributed by atoms with Crippen LogP contribution in [0.5, 0.6) is 11.5 Å². The van der Waals surface area contributed by atoms with Crippen LogP contribution in [-0.4, -0.2) is 36.7 Å². The molecule has 0 saturated carbocycles. The Labute approximate surface area is 245 Å². The van der Waals surface area contributed by atoms with E-state index in [2.05, 4.69) is 16.0 Å². The number of benzene rings is 4. The number of rotatable bonds is 9. The van der Waals surface area contributed by atoms with Gasteiger partial charge in [-0.15, -0.1) is 11.8 Å². The van der Waals surface area contributed by atoms with E-state index in [-0.39, 0.29) is 17.4 Å². The average Bonchev–Trinajstić information content (AvgIpc) is 3.01. The molecule has 0 radical (unpaired) electrons. The highest BCUT2D eigenvalue weighted by Crippen LogP contribution is 2.32. The van der Waals surface area contributed by atoms with Gasteiger partial charge in [0.25, 0.3) is 11.8 Å². The molecule has 4 aromatic rings. The van der Waals surface area contributed by atoms with Crippen molar-refractivity contribution in [3.8, 4) is 11.5 Å². The summed E-state index contributed by atoms with van der Waals surface area (Å²) in [6.45, 7) is 0.944. The van der Waals surface area contributed by atoms with Crippen LogP contribution in [0.2, 0.25) is 0 Å². The number of fused-ring (bicyclic) bond motifs is 1. The number of carbonyl (C=O) groups excluding carboxylic acids is 3. The summed E-state index contributed by atoms with van der Waals surface area (Å²) < 4.78 is 24.5. The molecule has 0 saturated heterocycles. The number of nitrogens with one attached hydrogen (secondary N) is 3. The summed E-state index contributed by atoms with van der Waals surface area (Å²) in [7, 11) is 0. The number of ether oxygens (including phenoxy) is 2. The molecule has 42 heavy (non-hydrogen) atoms. The molecule has 4 aromatic carbocycles. The lowest BCUT2D eigenvalue weighted by atomic mass is 10.1. The third-order valence-corrected chi connectivity index (χ3v) is 6.99. The van der Waals surface area contributed by atoms with E-state index >= 15 is 0 Å². The Bertz CT molecular complexity index is 1630. The molecule has 3 amide bonds. The van der Waals surface area contributed by atoms with Crippen LogP contribution in [0.4, 0.5) is 15.8 Å². The van der Waals surface area contributed by atoms with Crippen LogP contribution < -0.4 is 25.4 Å². The molecule has 0 unspecified atom stereocenters. The molecule has 0 atom stereocenters. The molecule has 1 heterocycles. The third-order valence-electron chi connectivity index (χ3n) is 6.00. The number of anilines is 2. The van der Waals surface area contributed by atoms with Crippen molar-refractivity contribution in [1.29, 1.82) is 0 Å². The van der Waals surface area contributed by atoms with Gasteiger partial charge in [-0.1, -0.05) is 36.4 Å². The minimum Gasteiger partial charge on any atom is -0.486 e. The largest absolute Gasteiger partial charge is 0.486 e. The predicted molar refractivity (Wildman–Crippen MR) is 160 cm³/mol. The fraction of sp³-hybridized carbons (Fsp3) is 0.0938. The second-order valence-corrected chi connectivity index (χ2v) is 10.2. The molecule has 0 bridgehead atoms. The average molecular weight is 584 g/mol. The van der Waals surface area contributed by atoms with Crippen molar-refractivity contribution in [2.75, 3.05) is 29.6 Å². The molecule has 1 aliphatic rings. The van der Waals surface area contributed by atoms with Crippen molar-refractivity contribution in [3.63, 3.8) is 0 Å². The van der Waals surface area contributed by atoms with Crippen molar-refractivity contribution in [1.82, 2.24) is 5.32 Å². The molecule has 10 heteroatoms. The second kappa shape index (κ2) is 13.5. The number of halogens is 1. The van der Waals surface area contributed by atoms with Crippen molar-refractivity contribution >= 4 is 46.9 Å². The van der Waals surface area contributed by atoms with E-state index in [4.69, 9.17) is 9.47 Å². The lowest BCUT2D eigenvalue weighted by molar-refractivity contribution is -0.114. The third kappa shape index (κ3) is 7.76. The van der Waals surface area contributed by atoms with Crippen LogP contribution >= 0.6 is 11.8 Å². The van der Waals surface area contributed by atoms with E-state index in [0.29, 0.717) is 47.2 Å². The van der Waals surface area contributed by atoms with Crippen LogP contribution in [0.3, 0.4) is 0 Å². The van der Waals surface area contributed by atoms with Gasteiger partial charge in [-0.3, -0.25) is 14.4 Å². The fourth-order valence-corrected chi connectivity index (χ4v) is 4.75. The standard InChI is InChI=1S/C32H26FN3O5S/c33-23-11-9-21(10-12-23)17-27(36-31(38)22-5-2-1-3-6-22)32(39)35-24-7-4-8-26(18-24)42-20-30(37)34-25-13-14-28-29(19-25)41-16-15-40-28/h1-14,17-19H,15-16,20H2,(H,34,37)(H,35,39)(H,36,38)/b27-17-. The fourth-order valence-electron chi connectivity index (χ4n) is 4.00. The van der Waals surface area contributed by atoms with Gasteiger partial charge in [0.05, 0.1) is 5.75 Å². The van der Waals surface area contributed by atoms with E-state index in [1.807, 2.05) is 6.07 Å². The lowest BCUT2D eigenvalue weighted by Crippen LogP contribution is -2.30. The zero-order valence-corrected chi connectivity index (χ0v) is 23.1. The number of amides is 3. The molecular formula is C32H26FN3O5S. The Morgan fingerprint density at radius 2 is 1.52 bits per heavy atom. The Balaban J connectivity index is 1.23. The van der Waals surface area contributed by atoms with Crippen LogP contribution in [0.25, 0.3) is 6.08 Å². The first-order valence-electron chi connectivity index (χ1n) is 13.0. The number of hydrogen-bond acceptors (Lipinski definition) is 6. The summed E-state index contributed by atoms with van der Waals surface area (Å²) in [6, 6.07) is 26.3. The van der Waals surface area contributed by atoms with Crippen LogP contribution in [0.1, 0.15) is 15.9 Å². The molecule has 8 nitrogen and oxygen atoms in total. The maximum absolute atomic E-state index is 13.4. The molecule has 0 fully saturated rings. The van der Waals surface area contributed by atoms with Gasteiger partial charge in [0, 0.05) is 27.9 Å². The van der Waals surface area contributed by atoms with Gasteiger partial charge in [-0.05, 0) is 66.2 Å². The first kappa shape index (κ1) is 28.4. The number of carbonyl (C=O) groups is 3. The normalized spacial score (nSPS) is 12.3. The van der Waals surface area contributed by atoms with Crippen molar-refractivity contribution in [2.45, 2.75) is 4.90 Å². The van der Waals surface area contributed by atoms with Crippen molar-refractivity contribution < 1.29 is 28.2 Å². The molecule has 1 aliphatic heterocycles. The van der Waals surface area contributed by atoms with E-state index in [1.54, 1.807) is 66.7 Å². The van der Waals surface area contributed by atoms with Gasteiger partial charge < -0.3 is 25.4 Å². The Kier molecular flexibility index (Phi) is 9.15. The first-order valence-corrected chi connectivity index (χ1v) is 14.0. The lowest BCUT2D eigenvalue weighted by Gasteiger charge is -2.19. The Morgan fingerprint density at radius 3 is 2.31 bits per heavy atom. The smallest absolute Gasteiger partial charge is 0.272 e. The highest BCUT2D eigenvalue weighted by Gasteiger charge is 2.16. The van der Waals surface area contributed by atoms with Gasteiger partial charge in [0.15, 0.2) is 11.5 Å². The Morgan fingerprint density at radius 1 is 0.786 bits per heavy atom. The van der Waals surface area contributed by atoms with E-state index in [0.717, 1.165) is 4.90 Å². The quantitative estimate of drug-likeness (QED) is 0.172. The van der Waals surface area contributed by atoms with Crippen LogP contribution in [0.15, 0.2) is 108 Å². The Hall–Kier alpha value is -5.09. The van der Waals surface area contributed by atoms with E-state index in [1.165, 1.54) is 42.1 Å². The number of thioether (sulfide) groups is 1. The summed E-state index contributed by atoms with van der Waals surface area (Å²) in [5.41, 5.74) is 1.96. The predicted octanol–water partition coefficient (Wildman–Crippen LogP) is 5.74. The van der Waals surface area contributed by atoms with Crippen LogP contribution in [-0.2, 0) is 9.59 Å². The molecular weight excluding hydrogens is 557 g/mol. The maximum atomic E-state index is 13.4. The molecule has 5 rings (SSSR count). The zero-order chi connectivity index (χ0) is 29.3. The molecule has 0 spiro atoms. The summed E-state index contributed by atoms with van der Waals surface area (Å²) >= 11 is 1.30. The minimum atomic E-state index is -0.567. The highest BCUT2D eigenvalue weighted by molar-refractivity contribution is 8.00. The topological polar surface area (TPSA) is 106 Å². The van der Waals surface area contributed by atoms with Crippen molar-refractivity contribution in [3.05, 3.63) is 120 Å². The summed E-state index contributed by atoms with van der Waals surface area (Å²) in [5, 5.41) is 8.29. The maximum Gasteiger partial charge on any atom is 0.272 e. The van der Waals surface area contributed by atoms with Gasteiger partial charge in [-0.25, -0.2) is 4.39 Å². The molecule has 0 aromatic heterocycles. The molecule has 3 N–H and O–H groups in total. The summed E-state index contributed by atoms with van der Waals surface area (Å²) in [6.07, 6.45) is 1.47. The first-order chi connectivity index (χ1) is 20.4. The van der Waals surface area contributed by atoms with E-state index < -0.39 is 17.6 Å². The summed E-state index contributed by atoms with van der Waals surface area (Å²) in [5.74, 6) is -0.297. The minimum absolute atomic E-state index is 0.0210. The van der Waals surface area contributed by atoms with Gasteiger partial charge >= 0.3 is 0 Å². The van der Waals surface area contributed by atoms with Crippen molar-refractivity contribution in [2.24, 2.45) is 0 Å². The van der Waals surface area contributed by atoms with Crippen LogP contribution in [0, 0.1) is 5.82 Å². The summed E-state index contributed by atoms with van der Waals surface area (Å²) in [4.78, 5) is 39.4. The van der Waals surface area contributed by atoms with E-state index in [9.17, 15) is 18.8 Å². The molecule has 0 aliphatic carbocycles. The zero-order valence-electron chi connectivity index (χ0n) is 22.3. The second-order valence-electron chi connectivity index (χ2n) is 9.11. The highest BCUT2D eigenvalue weighted by atomic mass is 32.2. The SMILES string of the molecule is O=C(CSc1cccc(NC(=O)/C(=C/c2ccc(F)cc2)NC(=O)c2ccccc2)c1)Nc1ccc2c(c1)OCCO2. The molecule has 212 valence electrons. The van der Waals surface area contributed by atoms with Gasteiger partial charge in [0.2, 0.25) is 5.91 Å². The monoisotopic (exact) mass is 583 g/mol. The number of hydrogen-bond donors (Lipinski definition) is 3. The van der Waals surface area contributed by atoms with Gasteiger partial charge in [0.1, 0.15) is 24.7 Å². The van der Waals surface area contributed by atoms with Gasteiger partial charge in [-0.2, -0.15) is 0 Å².